The molecule has 0 bridgehead atoms. The van der Waals surface area contributed by atoms with Crippen LogP contribution < -0.4 is 0 Å². The SMILES string of the molecule is CC[C@@H](OC[C@@H](O)CN1CCCCC1)c1ccccc1. The van der Waals surface area contributed by atoms with Gasteiger partial charge in [-0.05, 0) is 37.9 Å². The van der Waals surface area contributed by atoms with Gasteiger partial charge in [-0.2, -0.15) is 0 Å². The predicted octanol–water partition coefficient (Wildman–Crippen LogP) is 3.00. The highest BCUT2D eigenvalue weighted by Gasteiger charge is 2.16. The Morgan fingerprint density at radius 3 is 2.50 bits per heavy atom. The van der Waals surface area contributed by atoms with E-state index in [4.69, 9.17) is 4.74 Å². The Hall–Kier alpha value is -0.900. The summed E-state index contributed by atoms with van der Waals surface area (Å²) in [4.78, 5) is 2.35. The zero-order valence-corrected chi connectivity index (χ0v) is 12.5. The highest BCUT2D eigenvalue weighted by molar-refractivity contribution is 5.17. The van der Waals surface area contributed by atoms with Crippen LogP contribution in [0.4, 0.5) is 0 Å². The fraction of sp³-hybridized carbons (Fsp3) is 0.647. The second-order valence-electron chi connectivity index (χ2n) is 5.66. The van der Waals surface area contributed by atoms with Crippen molar-refractivity contribution in [3.63, 3.8) is 0 Å². The van der Waals surface area contributed by atoms with Gasteiger partial charge in [0, 0.05) is 6.54 Å². The fourth-order valence-corrected chi connectivity index (χ4v) is 2.84. The van der Waals surface area contributed by atoms with Gasteiger partial charge in [-0.1, -0.05) is 43.7 Å². The first-order valence-electron chi connectivity index (χ1n) is 7.86. The third-order valence-corrected chi connectivity index (χ3v) is 3.95. The first kappa shape index (κ1) is 15.5. The summed E-state index contributed by atoms with van der Waals surface area (Å²) in [6, 6.07) is 10.3. The normalized spacial score (nSPS) is 19.7. The van der Waals surface area contributed by atoms with Crippen molar-refractivity contribution in [2.45, 2.75) is 44.8 Å². The quantitative estimate of drug-likeness (QED) is 0.831. The molecular formula is C17H27NO2. The highest BCUT2D eigenvalue weighted by Crippen LogP contribution is 2.20. The molecule has 0 aromatic heterocycles. The van der Waals surface area contributed by atoms with Gasteiger partial charge < -0.3 is 14.7 Å². The Morgan fingerprint density at radius 1 is 1.15 bits per heavy atom. The standard InChI is InChI=1S/C17H27NO2/c1-2-17(15-9-5-3-6-10-15)20-14-16(19)13-18-11-7-4-8-12-18/h3,5-6,9-10,16-17,19H,2,4,7-8,11-14H2,1H3/t16-,17+/m0/s1. The molecule has 1 aliphatic rings. The number of nitrogens with zero attached hydrogens (tertiary/aromatic N) is 1. The number of β-amino-alcohol motifs (C(OH)–C–C–N with tert-alkyl or cyclic N) is 1. The average molecular weight is 277 g/mol. The van der Waals surface area contributed by atoms with Gasteiger partial charge in [-0.15, -0.1) is 0 Å². The lowest BCUT2D eigenvalue weighted by Crippen LogP contribution is -2.38. The molecule has 1 aromatic rings. The maximum atomic E-state index is 10.1. The Kier molecular flexibility index (Phi) is 6.51. The molecule has 112 valence electrons. The Labute approximate surface area is 122 Å². The minimum Gasteiger partial charge on any atom is -0.389 e. The molecule has 1 heterocycles. The van der Waals surface area contributed by atoms with Gasteiger partial charge in [-0.3, -0.25) is 0 Å². The zero-order chi connectivity index (χ0) is 14.2. The number of likely N-dealkylation sites (tertiary alicyclic amines) is 1. The third kappa shape index (κ3) is 4.89. The van der Waals surface area contributed by atoms with Gasteiger partial charge in [-0.25, -0.2) is 0 Å². The number of ether oxygens (including phenoxy) is 1. The van der Waals surface area contributed by atoms with Gasteiger partial charge >= 0.3 is 0 Å². The largest absolute Gasteiger partial charge is 0.389 e. The number of benzene rings is 1. The summed E-state index contributed by atoms with van der Waals surface area (Å²) in [5.41, 5.74) is 1.19. The smallest absolute Gasteiger partial charge is 0.0900 e. The molecular weight excluding hydrogens is 250 g/mol. The van der Waals surface area contributed by atoms with Crippen molar-refractivity contribution in [2.24, 2.45) is 0 Å². The summed E-state index contributed by atoms with van der Waals surface area (Å²) in [6.45, 7) is 5.52. The van der Waals surface area contributed by atoms with E-state index < -0.39 is 0 Å². The van der Waals surface area contributed by atoms with Crippen LogP contribution in [0.5, 0.6) is 0 Å². The van der Waals surface area contributed by atoms with E-state index >= 15 is 0 Å². The van der Waals surface area contributed by atoms with Crippen LogP contribution in [0.25, 0.3) is 0 Å². The van der Waals surface area contributed by atoms with Gasteiger partial charge in [0.15, 0.2) is 0 Å². The number of hydrogen-bond donors (Lipinski definition) is 1. The average Bonchev–Trinajstić information content (AvgIpc) is 2.50. The molecule has 1 N–H and O–H groups in total. The second kappa shape index (κ2) is 8.40. The molecule has 0 spiro atoms. The Morgan fingerprint density at radius 2 is 1.85 bits per heavy atom. The van der Waals surface area contributed by atoms with Crippen molar-refractivity contribution >= 4 is 0 Å². The summed E-state index contributed by atoms with van der Waals surface area (Å²) in [5, 5.41) is 10.1. The van der Waals surface area contributed by atoms with Crippen LogP contribution in [-0.4, -0.2) is 42.4 Å². The van der Waals surface area contributed by atoms with Gasteiger partial charge in [0.25, 0.3) is 0 Å². The molecule has 1 saturated heterocycles. The number of hydrogen-bond acceptors (Lipinski definition) is 3. The molecule has 0 amide bonds. The first-order valence-corrected chi connectivity index (χ1v) is 7.86. The highest BCUT2D eigenvalue weighted by atomic mass is 16.5. The monoisotopic (exact) mass is 277 g/mol. The minimum atomic E-state index is -0.383. The fourth-order valence-electron chi connectivity index (χ4n) is 2.84. The van der Waals surface area contributed by atoms with Crippen LogP contribution in [-0.2, 0) is 4.74 Å². The molecule has 20 heavy (non-hydrogen) atoms. The van der Waals surface area contributed by atoms with E-state index in [0.29, 0.717) is 6.61 Å². The van der Waals surface area contributed by atoms with Crippen LogP contribution in [0, 0.1) is 0 Å². The molecule has 0 unspecified atom stereocenters. The molecule has 1 aliphatic heterocycles. The maximum Gasteiger partial charge on any atom is 0.0900 e. The Bertz CT molecular complexity index is 363. The summed E-state index contributed by atoms with van der Waals surface area (Å²) >= 11 is 0. The van der Waals surface area contributed by atoms with Crippen molar-refractivity contribution < 1.29 is 9.84 Å². The summed E-state index contributed by atoms with van der Waals surface area (Å²) in [7, 11) is 0. The minimum absolute atomic E-state index is 0.0900. The van der Waals surface area contributed by atoms with E-state index in [2.05, 4.69) is 24.0 Å². The predicted molar refractivity (Wildman–Crippen MR) is 81.7 cm³/mol. The van der Waals surface area contributed by atoms with Crippen molar-refractivity contribution in [2.75, 3.05) is 26.2 Å². The van der Waals surface area contributed by atoms with Crippen LogP contribution >= 0.6 is 0 Å². The second-order valence-corrected chi connectivity index (χ2v) is 5.66. The number of aliphatic hydroxyl groups is 1. The molecule has 0 saturated carbocycles. The molecule has 3 heteroatoms. The van der Waals surface area contributed by atoms with Gasteiger partial charge in [0.05, 0.1) is 18.8 Å². The van der Waals surface area contributed by atoms with E-state index in [9.17, 15) is 5.11 Å². The molecule has 1 aromatic carbocycles. The molecule has 0 aliphatic carbocycles. The lowest BCUT2D eigenvalue weighted by Gasteiger charge is -2.29. The Balaban J connectivity index is 1.75. The van der Waals surface area contributed by atoms with Gasteiger partial charge in [0.2, 0.25) is 0 Å². The van der Waals surface area contributed by atoms with Gasteiger partial charge in [0.1, 0.15) is 0 Å². The van der Waals surface area contributed by atoms with E-state index in [1.807, 2.05) is 18.2 Å². The lowest BCUT2D eigenvalue weighted by molar-refractivity contribution is -0.0252. The van der Waals surface area contributed by atoms with E-state index in [-0.39, 0.29) is 12.2 Å². The first-order chi connectivity index (χ1) is 9.79. The maximum absolute atomic E-state index is 10.1. The van der Waals surface area contributed by atoms with Crippen molar-refractivity contribution in [3.8, 4) is 0 Å². The molecule has 0 radical (unpaired) electrons. The third-order valence-electron chi connectivity index (χ3n) is 3.95. The molecule has 2 rings (SSSR count). The summed E-state index contributed by atoms with van der Waals surface area (Å²) in [6.07, 6.45) is 4.48. The van der Waals surface area contributed by atoms with Crippen LogP contribution in [0.3, 0.4) is 0 Å². The van der Waals surface area contributed by atoms with Crippen molar-refractivity contribution in [3.05, 3.63) is 35.9 Å². The summed E-state index contributed by atoms with van der Waals surface area (Å²) in [5.74, 6) is 0. The lowest BCUT2D eigenvalue weighted by atomic mass is 10.1. The van der Waals surface area contributed by atoms with E-state index in [1.165, 1.54) is 24.8 Å². The van der Waals surface area contributed by atoms with Crippen LogP contribution in [0.2, 0.25) is 0 Å². The molecule has 3 nitrogen and oxygen atoms in total. The van der Waals surface area contributed by atoms with E-state index in [0.717, 1.165) is 26.1 Å². The zero-order valence-electron chi connectivity index (χ0n) is 12.5. The number of aliphatic hydroxyl groups excluding tert-OH is 1. The van der Waals surface area contributed by atoms with Crippen LogP contribution in [0.1, 0.15) is 44.3 Å². The summed E-state index contributed by atoms with van der Waals surface area (Å²) < 4.78 is 5.90. The topological polar surface area (TPSA) is 32.7 Å². The molecule has 2 atom stereocenters. The van der Waals surface area contributed by atoms with Crippen LogP contribution in [0.15, 0.2) is 30.3 Å². The molecule has 1 fully saturated rings. The number of rotatable bonds is 7. The van der Waals surface area contributed by atoms with Crippen molar-refractivity contribution in [1.82, 2.24) is 4.90 Å². The van der Waals surface area contributed by atoms with Crippen molar-refractivity contribution in [1.29, 1.82) is 0 Å². The number of piperidine rings is 1. The van der Waals surface area contributed by atoms with E-state index in [1.54, 1.807) is 0 Å².